The highest BCUT2D eigenvalue weighted by atomic mass is 16.3. The van der Waals surface area contributed by atoms with Gasteiger partial charge >= 0.3 is 0 Å². The van der Waals surface area contributed by atoms with Crippen LogP contribution in [-0.4, -0.2) is 35.5 Å². The van der Waals surface area contributed by atoms with E-state index in [2.05, 4.69) is 5.32 Å². The van der Waals surface area contributed by atoms with Crippen LogP contribution < -0.4 is 5.32 Å². The Hall–Kier alpha value is -0.120. The van der Waals surface area contributed by atoms with Gasteiger partial charge in [0.2, 0.25) is 0 Å². The summed E-state index contributed by atoms with van der Waals surface area (Å²) in [6.45, 7) is 0.443. The Bertz CT molecular complexity index is 114. The van der Waals surface area contributed by atoms with E-state index in [0.717, 1.165) is 0 Å². The molecule has 1 aliphatic carbocycles. The van der Waals surface area contributed by atoms with Gasteiger partial charge < -0.3 is 15.5 Å². The van der Waals surface area contributed by atoms with Gasteiger partial charge in [-0.3, -0.25) is 0 Å². The van der Waals surface area contributed by atoms with Crippen LogP contribution in [0.5, 0.6) is 0 Å². The molecule has 0 aromatic carbocycles. The van der Waals surface area contributed by atoms with Crippen LogP contribution in [-0.2, 0) is 0 Å². The molecule has 1 heterocycles. The molecule has 1 aliphatic heterocycles. The van der Waals surface area contributed by atoms with Gasteiger partial charge in [-0.05, 0) is 0 Å². The summed E-state index contributed by atoms with van der Waals surface area (Å²) in [5.41, 5.74) is 0. The molecule has 2 rings (SSSR count). The standard InChI is InChI=1S/C6H11NO2/c8-1-3-4(2-9)6-5(3)7-6/h3-9H,1-2H2. The van der Waals surface area contributed by atoms with E-state index in [1.165, 1.54) is 0 Å². The molecule has 3 heteroatoms. The van der Waals surface area contributed by atoms with Gasteiger partial charge in [0.1, 0.15) is 0 Å². The van der Waals surface area contributed by atoms with Crippen LogP contribution in [0.25, 0.3) is 0 Å². The van der Waals surface area contributed by atoms with E-state index in [-0.39, 0.29) is 13.2 Å². The summed E-state index contributed by atoms with van der Waals surface area (Å²) in [6.07, 6.45) is 0. The monoisotopic (exact) mass is 129 g/mol. The topological polar surface area (TPSA) is 62.4 Å². The Morgan fingerprint density at radius 3 is 1.78 bits per heavy atom. The minimum Gasteiger partial charge on any atom is -0.396 e. The lowest BCUT2D eigenvalue weighted by atomic mass is 9.75. The maximum absolute atomic E-state index is 8.73. The lowest BCUT2D eigenvalue weighted by Crippen LogP contribution is -2.41. The zero-order chi connectivity index (χ0) is 6.43. The summed E-state index contributed by atoms with van der Waals surface area (Å²) in [5, 5.41) is 20.7. The molecule has 3 N–H and O–H groups in total. The SMILES string of the molecule is OCC1C(CO)C2NC12. The van der Waals surface area contributed by atoms with Crippen LogP contribution >= 0.6 is 0 Å². The predicted molar refractivity (Wildman–Crippen MR) is 31.9 cm³/mol. The van der Waals surface area contributed by atoms with E-state index in [1.807, 2.05) is 0 Å². The molecule has 0 aromatic heterocycles. The Balaban J connectivity index is 1.94. The fourth-order valence-electron chi connectivity index (χ4n) is 1.83. The van der Waals surface area contributed by atoms with E-state index in [1.54, 1.807) is 0 Å². The van der Waals surface area contributed by atoms with Crippen molar-refractivity contribution in [3.63, 3.8) is 0 Å². The van der Waals surface area contributed by atoms with E-state index >= 15 is 0 Å². The average molecular weight is 129 g/mol. The summed E-state index contributed by atoms with van der Waals surface area (Å²) in [5.74, 6) is 0.667. The molecule has 0 aromatic rings. The number of rotatable bonds is 2. The van der Waals surface area contributed by atoms with Crippen LogP contribution in [0, 0.1) is 11.8 Å². The van der Waals surface area contributed by atoms with Gasteiger partial charge in [0.05, 0.1) is 0 Å². The smallest absolute Gasteiger partial charge is 0.0478 e. The minimum atomic E-state index is 0.222. The summed E-state index contributed by atoms with van der Waals surface area (Å²) in [6, 6.07) is 1.07. The van der Waals surface area contributed by atoms with Crippen molar-refractivity contribution in [2.24, 2.45) is 11.8 Å². The van der Waals surface area contributed by atoms with Crippen molar-refractivity contribution in [3.05, 3.63) is 0 Å². The normalized spacial score (nSPS) is 54.0. The van der Waals surface area contributed by atoms with Gasteiger partial charge in [-0.1, -0.05) is 0 Å². The molecule has 0 bridgehead atoms. The summed E-state index contributed by atoms with van der Waals surface area (Å²) in [4.78, 5) is 0. The Labute approximate surface area is 53.7 Å². The highest BCUT2D eigenvalue weighted by molar-refractivity contribution is 5.18. The molecule has 9 heavy (non-hydrogen) atoms. The number of nitrogens with one attached hydrogen (secondary N) is 1. The number of aliphatic hydroxyl groups is 2. The maximum Gasteiger partial charge on any atom is 0.0478 e. The van der Waals surface area contributed by atoms with Crippen molar-refractivity contribution in [1.29, 1.82) is 0 Å². The molecule has 2 aliphatic rings. The van der Waals surface area contributed by atoms with Gasteiger partial charge in [-0.25, -0.2) is 0 Å². The lowest BCUT2D eigenvalue weighted by molar-refractivity contribution is 0.0791. The van der Waals surface area contributed by atoms with Crippen LogP contribution in [0.3, 0.4) is 0 Å². The Kier molecular flexibility index (Phi) is 1.06. The van der Waals surface area contributed by atoms with Crippen LogP contribution in [0.4, 0.5) is 0 Å². The number of fused-ring (bicyclic) bond motifs is 1. The summed E-state index contributed by atoms with van der Waals surface area (Å²) >= 11 is 0. The third-order valence-electron chi connectivity index (χ3n) is 2.56. The second kappa shape index (κ2) is 1.68. The Morgan fingerprint density at radius 2 is 1.44 bits per heavy atom. The maximum atomic E-state index is 8.73. The zero-order valence-electron chi connectivity index (χ0n) is 5.12. The van der Waals surface area contributed by atoms with Crippen molar-refractivity contribution in [2.75, 3.05) is 13.2 Å². The van der Waals surface area contributed by atoms with Gasteiger partial charge in [0.15, 0.2) is 0 Å². The van der Waals surface area contributed by atoms with Crippen molar-refractivity contribution in [1.82, 2.24) is 5.32 Å². The zero-order valence-corrected chi connectivity index (χ0v) is 5.12. The minimum absolute atomic E-state index is 0.222. The first-order chi connectivity index (χ1) is 4.38. The fourth-order valence-corrected chi connectivity index (χ4v) is 1.83. The molecule has 52 valence electrons. The quantitative estimate of drug-likeness (QED) is 0.400. The molecule has 1 saturated carbocycles. The molecule has 0 radical (unpaired) electrons. The highest BCUT2D eigenvalue weighted by Crippen LogP contribution is 2.44. The van der Waals surface area contributed by atoms with Gasteiger partial charge in [-0.2, -0.15) is 0 Å². The van der Waals surface area contributed by atoms with Crippen molar-refractivity contribution in [2.45, 2.75) is 12.1 Å². The molecule has 3 nitrogen and oxygen atoms in total. The van der Waals surface area contributed by atoms with Gasteiger partial charge in [0, 0.05) is 37.1 Å². The second-order valence-corrected chi connectivity index (χ2v) is 2.91. The third-order valence-corrected chi connectivity index (χ3v) is 2.56. The van der Waals surface area contributed by atoms with Crippen molar-refractivity contribution in [3.8, 4) is 0 Å². The average Bonchev–Trinajstić information content (AvgIpc) is 2.47. The first-order valence-corrected chi connectivity index (χ1v) is 3.36. The predicted octanol–water partition coefficient (Wildman–Crippen LogP) is -1.44. The third kappa shape index (κ3) is 0.569. The first-order valence-electron chi connectivity index (χ1n) is 3.36. The molecule has 1 saturated heterocycles. The van der Waals surface area contributed by atoms with E-state index in [9.17, 15) is 0 Å². The summed E-state index contributed by atoms with van der Waals surface area (Å²) < 4.78 is 0. The van der Waals surface area contributed by atoms with Gasteiger partial charge in [-0.15, -0.1) is 0 Å². The molecule has 0 amide bonds. The van der Waals surface area contributed by atoms with Crippen LogP contribution in [0.1, 0.15) is 0 Å². The van der Waals surface area contributed by atoms with Crippen LogP contribution in [0.2, 0.25) is 0 Å². The molecule has 2 fully saturated rings. The molecular weight excluding hydrogens is 118 g/mol. The van der Waals surface area contributed by atoms with Crippen molar-refractivity contribution >= 4 is 0 Å². The second-order valence-electron chi connectivity index (χ2n) is 2.91. The van der Waals surface area contributed by atoms with E-state index in [4.69, 9.17) is 10.2 Å². The molecular formula is C6H11NO2. The molecule has 4 unspecified atom stereocenters. The highest BCUT2D eigenvalue weighted by Gasteiger charge is 2.60. The van der Waals surface area contributed by atoms with Crippen LogP contribution in [0.15, 0.2) is 0 Å². The van der Waals surface area contributed by atoms with E-state index < -0.39 is 0 Å². The summed E-state index contributed by atoms with van der Waals surface area (Å²) in [7, 11) is 0. The Morgan fingerprint density at radius 1 is 1.00 bits per heavy atom. The van der Waals surface area contributed by atoms with Gasteiger partial charge in [0.25, 0.3) is 0 Å². The largest absolute Gasteiger partial charge is 0.396 e. The lowest BCUT2D eigenvalue weighted by Gasteiger charge is -2.30. The fraction of sp³-hybridized carbons (Fsp3) is 1.00. The number of aliphatic hydroxyl groups excluding tert-OH is 2. The van der Waals surface area contributed by atoms with Crippen molar-refractivity contribution < 1.29 is 10.2 Å². The van der Waals surface area contributed by atoms with E-state index in [0.29, 0.717) is 23.9 Å². The first kappa shape index (κ1) is 5.65. The molecule has 0 spiro atoms. The molecule has 4 atom stereocenters. The number of hydrogen-bond acceptors (Lipinski definition) is 3. The number of hydrogen-bond donors (Lipinski definition) is 3.